The molecule has 0 N–H and O–H groups in total. The topological polar surface area (TPSA) is 4.93 Å². The van der Waals surface area contributed by atoms with Crippen molar-refractivity contribution in [1.82, 2.24) is 4.57 Å². The smallest absolute Gasteiger partial charge is 0.147 e. The molecule has 21 heavy (non-hydrogen) atoms. The van der Waals surface area contributed by atoms with Gasteiger partial charge in [0.25, 0.3) is 0 Å². The van der Waals surface area contributed by atoms with Gasteiger partial charge in [-0.05, 0) is 36.4 Å². The Morgan fingerprint density at radius 2 is 1.62 bits per heavy atom. The van der Waals surface area contributed by atoms with Crippen LogP contribution in [0.15, 0.2) is 71.2 Å². The average molecular weight is 340 g/mol. The molecule has 1 nitrogen and oxygen atoms in total. The summed E-state index contributed by atoms with van der Waals surface area (Å²) in [5.41, 5.74) is 2.59. The minimum atomic E-state index is -0.205. The molecule has 0 saturated heterocycles. The zero-order chi connectivity index (χ0) is 14.4. The van der Waals surface area contributed by atoms with E-state index < -0.39 is 0 Å². The minimum Gasteiger partial charge on any atom is -0.307 e. The van der Waals surface area contributed by atoms with Crippen molar-refractivity contribution >= 4 is 37.7 Å². The quantitative estimate of drug-likeness (QED) is 0.420. The third-order valence-electron chi connectivity index (χ3n) is 3.71. The van der Waals surface area contributed by atoms with Crippen molar-refractivity contribution in [2.75, 3.05) is 0 Å². The minimum absolute atomic E-state index is 0.205. The van der Waals surface area contributed by atoms with Gasteiger partial charge < -0.3 is 4.57 Å². The summed E-state index contributed by atoms with van der Waals surface area (Å²) in [4.78, 5) is 0. The van der Waals surface area contributed by atoms with E-state index in [2.05, 4.69) is 15.9 Å². The number of nitrogens with zero attached hydrogens (tertiary/aromatic N) is 1. The summed E-state index contributed by atoms with van der Waals surface area (Å²) in [5, 5.41) is 1.97. The first-order chi connectivity index (χ1) is 10.3. The zero-order valence-corrected chi connectivity index (χ0v) is 12.6. The molecule has 0 atom stereocenters. The summed E-state index contributed by atoms with van der Waals surface area (Å²) in [7, 11) is 0. The van der Waals surface area contributed by atoms with E-state index in [0.717, 1.165) is 26.4 Å². The predicted molar refractivity (Wildman–Crippen MR) is 88.4 cm³/mol. The largest absolute Gasteiger partial charge is 0.307 e. The maximum absolute atomic E-state index is 14.4. The van der Waals surface area contributed by atoms with Crippen LogP contribution in [0.1, 0.15) is 0 Å². The van der Waals surface area contributed by atoms with Crippen LogP contribution in [0.25, 0.3) is 27.5 Å². The number of aromatic nitrogens is 1. The maximum Gasteiger partial charge on any atom is 0.147 e. The van der Waals surface area contributed by atoms with Crippen LogP contribution in [0.2, 0.25) is 0 Å². The highest BCUT2D eigenvalue weighted by Crippen LogP contribution is 2.34. The summed E-state index contributed by atoms with van der Waals surface area (Å²) < 4.78 is 17.4. The molecular formula is C18H11BrFN. The fourth-order valence-electron chi connectivity index (χ4n) is 2.84. The Kier molecular flexibility index (Phi) is 2.82. The van der Waals surface area contributed by atoms with E-state index >= 15 is 0 Å². The number of hydrogen-bond donors (Lipinski definition) is 0. The molecule has 0 aliphatic heterocycles. The van der Waals surface area contributed by atoms with Crippen LogP contribution in [-0.4, -0.2) is 4.57 Å². The van der Waals surface area contributed by atoms with Crippen LogP contribution in [0, 0.1) is 5.82 Å². The Labute approximate surface area is 129 Å². The van der Waals surface area contributed by atoms with Crippen LogP contribution in [-0.2, 0) is 0 Å². The lowest BCUT2D eigenvalue weighted by atomic mass is 10.1. The number of halogens is 2. The molecule has 102 valence electrons. The van der Waals surface area contributed by atoms with Crippen LogP contribution in [0.5, 0.6) is 0 Å². The van der Waals surface area contributed by atoms with Crippen LogP contribution >= 0.6 is 15.9 Å². The van der Waals surface area contributed by atoms with E-state index in [9.17, 15) is 4.39 Å². The summed E-state index contributed by atoms with van der Waals surface area (Å²) in [6, 6.07) is 21.2. The van der Waals surface area contributed by atoms with Crippen molar-refractivity contribution in [3.63, 3.8) is 0 Å². The average Bonchev–Trinajstić information content (AvgIpc) is 2.83. The molecule has 0 unspecified atom stereocenters. The third kappa shape index (κ3) is 1.88. The lowest BCUT2D eigenvalue weighted by Crippen LogP contribution is -1.94. The van der Waals surface area contributed by atoms with E-state index in [1.807, 2.05) is 59.2 Å². The lowest BCUT2D eigenvalue weighted by Gasteiger charge is -2.07. The van der Waals surface area contributed by atoms with E-state index in [-0.39, 0.29) is 5.82 Å². The van der Waals surface area contributed by atoms with Gasteiger partial charge in [-0.3, -0.25) is 0 Å². The maximum atomic E-state index is 14.4. The molecule has 4 aromatic rings. The molecule has 0 aliphatic carbocycles. The number of rotatable bonds is 1. The molecule has 4 rings (SSSR count). The van der Waals surface area contributed by atoms with Crippen molar-refractivity contribution in [2.45, 2.75) is 0 Å². The highest BCUT2D eigenvalue weighted by atomic mass is 79.9. The predicted octanol–water partition coefficient (Wildman–Crippen LogP) is 5.69. The monoisotopic (exact) mass is 339 g/mol. The van der Waals surface area contributed by atoms with Crippen LogP contribution < -0.4 is 0 Å². The van der Waals surface area contributed by atoms with Crippen molar-refractivity contribution in [3.05, 3.63) is 77.0 Å². The summed E-state index contributed by atoms with van der Waals surface area (Å²) in [5.74, 6) is -0.205. The first-order valence-electron chi connectivity index (χ1n) is 6.69. The van der Waals surface area contributed by atoms with Crippen LogP contribution in [0.4, 0.5) is 4.39 Å². The molecule has 0 aliphatic rings. The van der Waals surface area contributed by atoms with E-state index in [4.69, 9.17) is 0 Å². The van der Waals surface area contributed by atoms with Crippen molar-refractivity contribution < 1.29 is 4.39 Å². The molecule has 3 aromatic carbocycles. The lowest BCUT2D eigenvalue weighted by molar-refractivity contribution is 0.635. The Hall–Kier alpha value is -2.13. The molecule has 0 spiro atoms. The summed E-state index contributed by atoms with van der Waals surface area (Å²) in [6.07, 6.45) is 0. The van der Waals surface area contributed by atoms with Crippen molar-refractivity contribution in [2.24, 2.45) is 0 Å². The molecule has 0 amide bonds. The van der Waals surface area contributed by atoms with Gasteiger partial charge in [-0.2, -0.15) is 0 Å². The number of hydrogen-bond acceptors (Lipinski definition) is 0. The molecule has 1 aromatic heterocycles. The fourth-order valence-corrected chi connectivity index (χ4v) is 3.21. The molecule has 0 fully saturated rings. The van der Waals surface area contributed by atoms with Crippen molar-refractivity contribution in [1.29, 1.82) is 0 Å². The van der Waals surface area contributed by atoms with Crippen LogP contribution in [0.3, 0.4) is 0 Å². The van der Waals surface area contributed by atoms with Crippen molar-refractivity contribution in [3.8, 4) is 5.69 Å². The van der Waals surface area contributed by atoms with Gasteiger partial charge in [-0.1, -0.05) is 46.3 Å². The van der Waals surface area contributed by atoms with Gasteiger partial charge in [0.2, 0.25) is 0 Å². The van der Waals surface area contributed by atoms with Gasteiger partial charge in [0.1, 0.15) is 5.82 Å². The second kappa shape index (κ2) is 4.71. The Bertz CT molecular complexity index is 957. The standard InChI is InChI=1S/C18H11BrFN/c19-12-9-10-17-15(11-12)14-7-4-8-16(20)18(14)21(17)13-5-2-1-3-6-13/h1-11H. The van der Waals surface area contributed by atoms with E-state index in [1.165, 1.54) is 6.07 Å². The van der Waals surface area contributed by atoms with E-state index in [1.54, 1.807) is 6.07 Å². The molecule has 1 heterocycles. The first-order valence-corrected chi connectivity index (χ1v) is 7.48. The molecule has 0 radical (unpaired) electrons. The van der Waals surface area contributed by atoms with Gasteiger partial charge in [0.15, 0.2) is 0 Å². The second-order valence-corrected chi connectivity index (χ2v) is 5.88. The van der Waals surface area contributed by atoms with Gasteiger partial charge in [-0.15, -0.1) is 0 Å². The first kappa shape index (κ1) is 12.6. The van der Waals surface area contributed by atoms with Gasteiger partial charge in [0.05, 0.1) is 11.0 Å². The highest BCUT2D eigenvalue weighted by Gasteiger charge is 2.15. The normalized spacial score (nSPS) is 11.3. The molecule has 0 bridgehead atoms. The van der Waals surface area contributed by atoms with E-state index in [0.29, 0.717) is 5.52 Å². The number of para-hydroxylation sites is 2. The second-order valence-electron chi connectivity index (χ2n) is 4.97. The Balaban J connectivity index is 2.26. The van der Waals surface area contributed by atoms with Gasteiger partial charge in [0, 0.05) is 20.9 Å². The summed E-state index contributed by atoms with van der Waals surface area (Å²) in [6.45, 7) is 0. The molecule has 0 saturated carbocycles. The number of fused-ring (bicyclic) bond motifs is 3. The van der Waals surface area contributed by atoms with Gasteiger partial charge >= 0.3 is 0 Å². The highest BCUT2D eigenvalue weighted by molar-refractivity contribution is 9.10. The molecular weight excluding hydrogens is 329 g/mol. The molecule has 3 heteroatoms. The zero-order valence-electron chi connectivity index (χ0n) is 11.1. The van der Waals surface area contributed by atoms with Gasteiger partial charge in [-0.25, -0.2) is 4.39 Å². The third-order valence-corrected chi connectivity index (χ3v) is 4.21. The Morgan fingerprint density at radius 1 is 0.810 bits per heavy atom. The number of benzene rings is 3. The Morgan fingerprint density at radius 3 is 2.43 bits per heavy atom. The summed E-state index contributed by atoms with van der Waals surface area (Å²) >= 11 is 3.50. The fraction of sp³-hybridized carbons (Fsp3) is 0. The SMILES string of the molecule is Fc1cccc2c3cc(Br)ccc3n(-c3ccccc3)c12.